The fraction of sp³-hybridized carbons (Fsp3) is 0.111. The van der Waals surface area contributed by atoms with Crippen molar-refractivity contribution in [2.75, 3.05) is 12.3 Å². The van der Waals surface area contributed by atoms with Crippen LogP contribution in [0.15, 0.2) is 18.2 Å². The fourth-order valence-electron chi connectivity index (χ4n) is 0.926. The molecule has 0 spiro atoms. The molecule has 1 aromatic rings. The summed E-state index contributed by atoms with van der Waals surface area (Å²) < 4.78 is 12.9. The number of nitrogens with two attached hydrogens (primary N) is 1. The van der Waals surface area contributed by atoms with Gasteiger partial charge in [-0.3, -0.25) is 9.59 Å². The van der Waals surface area contributed by atoms with Crippen molar-refractivity contribution in [1.29, 1.82) is 0 Å². The number of benzene rings is 1. The molecular weight excluding hydrogens is 202 g/mol. The van der Waals surface area contributed by atoms with E-state index in [0.717, 1.165) is 6.07 Å². The van der Waals surface area contributed by atoms with Gasteiger partial charge < -0.3 is 16.2 Å². The zero-order valence-electron chi connectivity index (χ0n) is 7.66. The number of amides is 1. The first-order valence-corrected chi connectivity index (χ1v) is 4.05. The van der Waals surface area contributed by atoms with Gasteiger partial charge in [0.15, 0.2) is 0 Å². The minimum atomic E-state index is -1.17. The highest BCUT2D eigenvalue weighted by atomic mass is 18.2. The Morgan fingerprint density at radius 2 is 2.13 bits per heavy atom. The van der Waals surface area contributed by atoms with Crippen molar-refractivity contribution < 1.29 is 19.1 Å². The van der Waals surface area contributed by atoms with Crippen LogP contribution >= 0.6 is 0 Å². The molecule has 0 radical (unpaired) electrons. The highest BCUT2D eigenvalue weighted by Crippen LogP contribution is 2.11. The lowest BCUT2D eigenvalue weighted by Gasteiger charge is -2.03. The Kier molecular flexibility index (Phi) is 3.22. The van der Waals surface area contributed by atoms with Gasteiger partial charge in [0.05, 0.1) is 5.69 Å². The molecule has 0 unspecified atom stereocenters. The van der Waals surface area contributed by atoms with Gasteiger partial charge in [-0.05, 0) is 18.2 Å². The van der Waals surface area contributed by atoms with Gasteiger partial charge in [0, 0.05) is 5.56 Å². The Labute approximate surface area is 84.7 Å². The largest absolute Gasteiger partial charge is 0.480 e. The van der Waals surface area contributed by atoms with Crippen LogP contribution in [0.4, 0.5) is 10.1 Å². The number of nitrogens with one attached hydrogen (secondary N) is 1. The van der Waals surface area contributed by atoms with Gasteiger partial charge in [-0.2, -0.15) is 0 Å². The zero-order valence-corrected chi connectivity index (χ0v) is 7.66. The van der Waals surface area contributed by atoms with E-state index in [1.165, 1.54) is 12.1 Å². The van der Waals surface area contributed by atoms with Crippen LogP contribution in [-0.4, -0.2) is 23.5 Å². The SMILES string of the molecule is Nc1ccc(C(=O)NCC(=O)O)cc1[18F]. The molecule has 1 aromatic carbocycles. The topological polar surface area (TPSA) is 92.4 Å². The number of carboxylic acids is 1. The highest BCUT2D eigenvalue weighted by Gasteiger charge is 2.09. The molecule has 5 nitrogen and oxygen atoms in total. The molecule has 0 fully saturated rings. The summed E-state index contributed by atoms with van der Waals surface area (Å²) >= 11 is 0. The average Bonchev–Trinajstić information content (AvgIpc) is 2.18. The van der Waals surface area contributed by atoms with E-state index in [1.807, 2.05) is 0 Å². The summed E-state index contributed by atoms with van der Waals surface area (Å²) in [7, 11) is 0. The number of aliphatic carboxylic acids is 1. The molecule has 15 heavy (non-hydrogen) atoms. The number of carboxylic acid groups (broad SMARTS) is 1. The van der Waals surface area contributed by atoms with Crippen LogP contribution in [0.1, 0.15) is 10.4 Å². The number of rotatable bonds is 3. The van der Waals surface area contributed by atoms with E-state index >= 15 is 0 Å². The van der Waals surface area contributed by atoms with Crippen LogP contribution in [0.5, 0.6) is 0 Å². The number of carbonyl (C=O) groups is 2. The molecule has 0 bridgehead atoms. The molecule has 0 aliphatic carbocycles. The predicted octanol–water partition coefficient (Wildman–Crippen LogP) is 0.222. The zero-order chi connectivity index (χ0) is 11.4. The van der Waals surface area contributed by atoms with Crippen molar-refractivity contribution in [1.82, 2.24) is 5.32 Å². The van der Waals surface area contributed by atoms with E-state index in [4.69, 9.17) is 10.8 Å². The third kappa shape index (κ3) is 2.94. The molecule has 0 aliphatic rings. The molecular formula is C9H9FN2O3. The molecule has 0 atom stereocenters. The summed E-state index contributed by atoms with van der Waals surface area (Å²) in [5.74, 6) is -2.53. The maximum atomic E-state index is 12.9. The van der Waals surface area contributed by atoms with E-state index in [1.54, 1.807) is 0 Å². The van der Waals surface area contributed by atoms with E-state index < -0.39 is 24.2 Å². The Bertz CT molecular complexity index is 406. The molecule has 1 amide bonds. The van der Waals surface area contributed by atoms with Crippen LogP contribution in [0.3, 0.4) is 0 Å². The minimum absolute atomic E-state index is 0.0305. The van der Waals surface area contributed by atoms with Gasteiger partial charge in [0.1, 0.15) is 12.4 Å². The van der Waals surface area contributed by atoms with Crippen molar-refractivity contribution in [2.24, 2.45) is 0 Å². The van der Waals surface area contributed by atoms with Crippen molar-refractivity contribution in [3.05, 3.63) is 29.6 Å². The van der Waals surface area contributed by atoms with E-state index in [9.17, 15) is 14.0 Å². The van der Waals surface area contributed by atoms with Crippen LogP contribution in [0.2, 0.25) is 0 Å². The first-order chi connectivity index (χ1) is 7.00. The number of hydrogen-bond donors (Lipinski definition) is 3. The molecule has 0 aliphatic heterocycles. The van der Waals surface area contributed by atoms with Gasteiger partial charge >= 0.3 is 5.97 Å². The third-order valence-electron chi connectivity index (χ3n) is 1.66. The predicted molar refractivity (Wildman–Crippen MR) is 50.8 cm³/mol. The molecule has 6 heteroatoms. The van der Waals surface area contributed by atoms with Crippen molar-refractivity contribution >= 4 is 17.6 Å². The monoisotopic (exact) mass is 211 g/mol. The standard InChI is InChI=1S/C9H9FN2O3/c10-6-3-5(1-2-7(6)11)9(15)12-4-8(13)14/h1-3H,4,11H2,(H,12,15)(H,13,14)/i10-1. The number of halogens is 1. The summed E-state index contributed by atoms with van der Waals surface area (Å²) in [5, 5.41) is 10.4. The number of anilines is 1. The number of hydrogen-bond acceptors (Lipinski definition) is 3. The molecule has 4 N–H and O–H groups in total. The Morgan fingerprint density at radius 1 is 1.47 bits per heavy atom. The van der Waals surface area contributed by atoms with Crippen molar-refractivity contribution in [2.45, 2.75) is 0 Å². The second kappa shape index (κ2) is 4.41. The van der Waals surface area contributed by atoms with E-state index in [2.05, 4.69) is 5.32 Å². The summed E-state index contributed by atoms with van der Waals surface area (Å²) in [5.41, 5.74) is 5.18. The molecule has 80 valence electrons. The summed E-state index contributed by atoms with van der Waals surface area (Å²) in [4.78, 5) is 21.4. The fourth-order valence-corrected chi connectivity index (χ4v) is 0.926. The second-order valence-electron chi connectivity index (χ2n) is 2.81. The van der Waals surface area contributed by atoms with Gasteiger partial charge in [-0.25, -0.2) is 4.39 Å². The first-order valence-electron chi connectivity index (χ1n) is 4.05. The maximum Gasteiger partial charge on any atom is 0.322 e. The lowest BCUT2D eigenvalue weighted by Crippen LogP contribution is -2.29. The Morgan fingerprint density at radius 3 is 2.67 bits per heavy atom. The van der Waals surface area contributed by atoms with Crippen LogP contribution in [0.25, 0.3) is 0 Å². The van der Waals surface area contributed by atoms with Crippen LogP contribution < -0.4 is 11.1 Å². The average molecular weight is 211 g/mol. The third-order valence-corrected chi connectivity index (χ3v) is 1.66. The normalized spacial score (nSPS) is 9.67. The molecule has 0 saturated heterocycles. The van der Waals surface area contributed by atoms with Gasteiger partial charge in [0.2, 0.25) is 0 Å². The Balaban J connectivity index is 2.74. The van der Waals surface area contributed by atoms with Gasteiger partial charge in [0.25, 0.3) is 5.91 Å². The number of carbonyl (C=O) groups excluding carboxylic acids is 1. The highest BCUT2D eigenvalue weighted by molar-refractivity contribution is 5.96. The van der Waals surface area contributed by atoms with Crippen molar-refractivity contribution in [3.63, 3.8) is 0 Å². The molecule has 0 saturated carbocycles. The Hall–Kier alpha value is -2.11. The molecule has 0 heterocycles. The van der Waals surface area contributed by atoms with Crippen molar-refractivity contribution in [3.8, 4) is 0 Å². The van der Waals surface area contributed by atoms with E-state index in [0.29, 0.717) is 0 Å². The van der Waals surface area contributed by atoms with Crippen LogP contribution in [-0.2, 0) is 4.79 Å². The molecule has 0 aromatic heterocycles. The van der Waals surface area contributed by atoms with Crippen LogP contribution in [0, 0.1) is 5.82 Å². The number of nitrogen functional groups attached to an aromatic ring is 1. The maximum absolute atomic E-state index is 12.9. The lowest BCUT2D eigenvalue weighted by molar-refractivity contribution is -0.135. The summed E-state index contributed by atoms with van der Waals surface area (Å²) in [6, 6.07) is 3.51. The van der Waals surface area contributed by atoms with Gasteiger partial charge in [-0.1, -0.05) is 0 Å². The first kappa shape index (κ1) is 11.0. The molecule has 1 rings (SSSR count). The lowest BCUT2D eigenvalue weighted by atomic mass is 10.2. The minimum Gasteiger partial charge on any atom is -0.480 e. The van der Waals surface area contributed by atoms with E-state index in [-0.39, 0.29) is 11.3 Å². The quantitative estimate of drug-likeness (QED) is 0.623. The summed E-state index contributed by atoms with van der Waals surface area (Å²) in [6.07, 6.45) is 0. The summed E-state index contributed by atoms with van der Waals surface area (Å²) in [6.45, 7) is -0.509. The smallest absolute Gasteiger partial charge is 0.322 e. The van der Waals surface area contributed by atoms with Gasteiger partial charge in [-0.15, -0.1) is 0 Å². The second-order valence-corrected chi connectivity index (χ2v) is 2.81.